The van der Waals surface area contributed by atoms with Gasteiger partial charge >= 0.3 is 0 Å². The van der Waals surface area contributed by atoms with Crippen molar-refractivity contribution in [2.75, 3.05) is 0 Å². The number of halogens is 2. The maximum atomic E-state index is 12.4. The van der Waals surface area contributed by atoms with Crippen LogP contribution in [0.5, 0.6) is 0 Å². The normalized spacial score (nSPS) is 22.9. The molecule has 2 rings (SSSR count). The number of hydrogen-bond donors (Lipinski definition) is 1. The summed E-state index contributed by atoms with van der Waals surface area (Å²) in [7, 11) is 0. The molecule has 0 aliphatic heterocycles. The summed E-state index contributed by atoms with van der Waals surface area (Å²) in [6.07, 6.45) is 6.04. The Morgan fingerprint density at radius 3 is 2.75 bits per heavy atom. The Hall–Kier alpha value is -0.800. The average Bonchev–Trinajstić information content (AvgIpc) is 2.41. The van der Waals surface area contributed by atoms with E-state index in [1.807, 2.05) is 0 Å². The molecule has 1 fully saturated rings. The van der Waals surface area contributed by atoms with Crippen molar-refractivity contribution < 1.29 is 4.79 Å². The van der Waals surface area contributed by atoms with Gasteiger partial charge in [0.15, 0.2) is 0 Å². The van der Waals surface area contributed by atoms with Crippen molar-refractivity contribution in [1.29, 1.82) is 0 Å². The maximum absolute atomic E-state index is 12.4. The molecule has 20 heavy (non-hydrogen) atoms. The third-order valence-electron chi connectivity index (χ3n) is 4.06. The Labute approximate surface area is 130 Å². The highest BCUT2D eigenvalue weighted by atomic mass is 35.5. The molecule has 0 radical (unpaired) electrons. The van der Waals surface area contributed by atoms with Crippen molar-refractivity contribution in [2.45, 2.75) is 45.6 Å². The van der Waals surface area contributed by atoms with Gasteiger partial charge in [0, 0.05) is 12.2 Å². The number of pyridine rings is 1. The van der Waals surface area contributed by atoms with Crippen molar-refractivity contribution in [3.63, 3.8) is 0 Å². The molecule has 2 unspecified atom stereocenters. The quantitative estimate of drug-likeness (QED) is 0.843. The molecule has 0 bridgehead atoms. The van der Waals surface area contributed by atoms with Crippen LogP contribution in [0.2, 0.25) is 10.2 Å². The number of nitrogens with zero attached hydrogens (tertiary/aromatic N) is 1. The van der Waals surface area contributed by atoms with Crippen LogP contribution in [0.4, 0.5) is 0 Å². The summed E-state index contributed by atoms with van der Waals surface area (Å²) in [5.41, 5.74) is 0.403. The van der Waals surface area contributed by atoms with Gasteiger partial charge in [-0.1, -0.05) is 49.9 Å². The standard InChI is InChI=1S/C15H20Cl2N2O/c1-9(2)10-5-3-4-6-13(10)19-15(20)11-7-14(17)18-8-12(11)16/h7-10,13H,3-6H2,1-2H3,(H,19,20). The summed E-state index contributed by atoms with van der Waals surface area (Å²) in [5.74, 6) is 0.942. The van der Waals surface area contributed by atoms with Gasteiger partial charge in [-0.3, -0.25) is 4.79 Å². The average molecular weight is 315 g/mol. The first kappa shape index (κ1) is 15.6. The number of nitrogens with one attached hydrogen (secondary N) is 1. The SMILES string of the molecule is CC(C)C1CCCCC1NC(=O)c1cc(Cl)ncc1Cl. The van der Waals surface area contributed by atoms with Crippen LogP contribution < -0.4 is 5.32 Å². The zero-order valence-electron chi connectivity index (χ0n) is 11.8. The molecule has 110 valence electrons. The number of rotatable bonds is 3. The molecule has 3 nitrogen and oxygen atoms in total. The maximum Gasteiger partial charge on any atom is 0.253 e. The van der Waals surface area contributed by atoms with Crippen LogP contribution >= 0.6 is 23.2 Å². The van der Waals surface area contributed by atoms with Crippen LogP contribution in [0, 0.1) is 11.8 Å². The van der Waals surface area contributed by atoms with Gasteiger partial charge in [-0.15, -0.1) is 0 Å². The molecule has 1 N–H and O–H groups in total. The number of hydrogen-bond acceptors (Lipinski definition) is 2. The highest BCUT2D eigenvalue weighted by molar-refractivity contribution is 6.35. The van der Waals surface area contributed by atoms with E-state index in [4.69, 9.17) is 23.2 Å². The molecule has 1 aromatic rings. The highest BCUT2D eigenvalue weighted by Crippen LogP contribution is 2.30. The van der Waals surface area contributed by atoms with Gasteiger partial charge in [0.05, 0.1) is 10.6 Å². The van der Waals surface area contributed by atoms with Crippen molar-refractivity contribution in [3.8, 4) is 0 Å². The number of carbonyl (C=O) groups is 1. The van der Waals surface area contributed by atoms with Gasteiger partial charge in [-0.2, -0.15) is 0 Å². The lowest BCUT2D eigenvalue weighted by Crippen LogP contribution is -2.44. The Kier molecular flexibility index (Phi) is 5.28. The minimum absolute atomic E-state index is 0.156. The first-order valence-electron chi connectivity index (χ1n) is 7.11. The third kappa shape index (κ3) is 3.64. The molecule has 0 saturated heterocycles. The van der Waals surface area contributed by atoms with Crippen molar-refractivity contribution in [3.05, 3.63) is 28.0 Å². The zero-order valence-corrected chi connectivity index (χ0v) is 13.3. The molecule has 0 aromatic carbocycles. The second-order valence-corrected chi connectivity index (χ2v) is 6.55. The molecule has 1 aliphatic rings. The topological polar surface area (TPSA) is 42.0 Å². The molecule has 1 aromatic heterocycles. The molecule has 1 saturated carbocycles. The Bertz CT molecular complexity index is 491. The van der Waals surface area contributed by atoms with E-state index in [9.17, 15) is 4.79 Å². The van der Waals surface area contributed by atoms with Crippen molar-refractivity contribution >= 4 is 29.1 Å². The van der Waals surface area contributed by atoms with Crippen molar-refractivity contribution in [2.24, 2.45) is 11.8 Å². The van der Waals surface area contributed by atoms with Gasteiger partial charge in [0.1, 0.15) is 5.15 Å². The highest BCUT2D eigenvalue weighted by Gasteiger charge is 2.29. The van der Waals surface area contributed by atoms with E-state index < -0.39 is 0 Å². The smallest absolute Gasteiger partial charge is 0.253 e. The zero-order chi connectivity index (χ0) is 14.7. The summed E-state index contributed by atoms with van der Waals surface area (Å²) < 4.78 is 0. The molecule has 5 heteroatoms. The van der Waals surface area contributed by atoms with Crippen LogP contribution in [0.3, 0.4) is 0 Å². The Morgan fingerprint density at radius 2 is 2.05 bits per heavy atom. The van der Waals surface area contributed by atoms with Gasteiger partial charge in [0.2, 0.25) is 0 Å². The fraction of sp³-hybridized carbons (Fsp3) is 0.600. The Morgan fingerprint density at radius 1 is 1.35 bits per heavy atom. The van der Waals surface area contributed by atoms with E-state index in [0.717, 1.165) is 6.42 Å². The van der Waals surface area contributed by atoms with Crippen molar-refractivity contribution in [1.82, 2.24) is 10.3 Å². The van der Waals surface area contributed by atoms with Crippen LogP contribution in [-0.4, -0.2) is 16.9 Å². The van der Waals surface area contributed by atoms with E-state index in [1.54, 1.807) is 0 Å². The first-order chi connectivity index (χ1) is 9.49. The van der Waals surface area contributed by atoms with Crippen LogP contribution in [-0.2, 0) is 0 Å². The van der Waals surface area contributed by atoms with E-state index in [1.165, 1.54) is 31.5 Å². The predicted octanol–water partition coefficient (Wildman–Crippen LogP) is 4.33. The monoisotopic (exact) mass is 314 g/mol. The predicted molar refractivity (Wildman–Crippen MR) is 82.3 cm³/mol. The summed E-state index contributed by atoms with van der Waals surface area (Å²) in [5, 5.41) is 3.74. The van der Waals surface area contributed by atoms with Crippen LogP contribution in [0.1, 0.15) is 49.9 Å². The van der Waals surface area contributed by atoms with Gasteiger partial charge in [-0.05, 0) is 30.7 Å². The van der Waals surface area contributed by atoms with Gasteiger partial charge in [0.25, 0.3) is 5.91 Å². The fourth-order valence-electron chi connectivity index (χ4n) is 2.97. The summed E-state index contributed by atoms with van der Waals surface area (Å²) in [6.45, 7) is 4.43. The minimum atomic E-state index is -0.156. The molecular formula is C15H20Cl2N2O. The second kappa shape index (κ2) is 6.77. The molecule has 0 spiro atoms. The van der Waals surface area contributed by atoms with Crippen LogP contribution in [0.25, 0.3) is 0 Å². The molecule has 1 amide bonds. The van der Waals surface area contributed by atoms with E-state index >= 15 is 0 Å². The minimum Gasteiger partial charge on any atom is -0.349 e. The lowest BCUT2D eigenvalue weighted by molar-refractivity contribution is 0.0889. The number of amides is 1. The van der Waals surface area contributed by atoms with Gasteiger partial charge < -0.3 is 5.32 Å². The van der Waals surface area contributed by atoms with E-state index in [2.05, 4.69) is 24.1 Å². The molecule has 1 aliphatic carbocycles. The van der Waals surface area contributed by atoms with E-state index in [0.29, 0.717) is 22.4 Å². The number of aromatic nitrogens is 1. The second-order valence-electron chi connectivity index (χ2n) is 5.76. The molecule has 1 heterocycles. The summed E-state index contributed by atoms with van der Waals surface area (Å²) in [4.78, 5) is 16.2. The molecule has 2 atom stereocenters. The first-order valence-corrected chi connectivity index (χ1v) is 7.86. The number of carbonyl (C=O) groups excluding carboxylic acids is 1. The largest absolute Gasteiger partial charge is 0.349 e. The summed E-state index contributed by atoms with van der Waals surface area (Å²) in [6, 6.07) is 1.74. The fourth-order valence-corrected chi connectivity index (χ4v) is 3.32. The summed E-state index contributed by atoms with van der Waals surface area (Å²) >= 11 is 11.9. The molecular weight excluding hydrogens is 295 g/mol. The van der Waals surface area contributed by atoms with Crippen LogP contribution in [0.15, 0.2) is 12.3 Å². The Balaban J connectivity index is 2.11. The van der Waals surface area contributed by atoms with Gasteiger partial charge in [-0.25, -0.2) is 4.98 Å². The van der Waals surface area contributed by atoms with E-state index in [-0.39, 0.29) is 17.1 Å². The lowest BCUT2D eigenvalue weighted by Gasteiger charge is -2.35. The lowest BCUT2D eigenvalue weighted by atomic mass is 9.78. The third-order valence-corrected chi connectivity index (χ3v) is 4.57.